The molecule has 2 aromatic heterocycles. The van der Waals surface area contributed by atoms with Gasteiger partial charge in [0.05, 0.1) is 0 Å². The fraction of sp³-hybridized carbons (Fsp3) is 0.182. The monoisotopic (exact) mass is 874 g/mol. The minimum absolute atomic E-state index is 0.0572. The summed E-state index contributed by atoms with van der Waals surface area (Å²) in [5.41, 5.74) is 29.1. The third-order valence-electron chi connectivity index (χ3n) is 17.5. The molecule has 0 radical (unpaired) electrons. The lowest BCUT2D eigenvalue weighted by molar-refractivity contribution is 0.649. The van der Waals surface area contributed by atoms with Gasteiger partial charge in [0.2, 0.25) is 0 Å². The molecule has 326 valence electrons. The summed E-state index contributed by atoms with van der Waals surface area (Å²) in [6.07, 6.45) is 0. The van der Waals surface area contributed by atoms with E-state index < -0.39 is 0 Å². The molecule has 2 nitrogen and oxygen atoms in total. The van der Waals surface area contributed by atoms with Crippen LogP contribution in [0.5, 0.6) is 0 Å². The summed E-state index contributed by atoms with van der Waals surface area (Å²) in [4.78, 5) is 0. The van der Waals surface area contributed by atoms with Crippen molar-refractivity contribution in [2.75, 3.05) is 0 Å². The highest BCUT2D eigenvalue weighted by Gasteiger charge is 2.45. The van der Waals surface area contributed by atoms with Crippen molar-refractivity contribution in [3.05, 3.63) is 202 Å². The molecule has 0 saturated heterocycles. The van der Waals surface area contributed by atoms with Crippen LogP contribution < -0.4 is 0 Å². The van der Waals surface area contributed by atoms with Gasteiger partial charge in [0.25, 0.3) is 0 Å². The Bertz CT molecular complexity index is 4140. The van der Waals surface area contributed by atoms with Crippen LogP contribution in [0.25, 0.3) is 111 Å². The molecule has 0 N–H and O–H groups in total. The van der Waals surface area contributed by atoms with Crippen LogP contribution >= 0.6 is 0 Å². The lowest BCUT2D eigenvalue weighted by atomic mass is 9.78. The van der Waals surface area contributed by atoms with E-state index in [1.807, 2.05) is 0 Å². The zero-order valence-corrected chi connectivity index (χ0v) is 39.8. The topological polar surface area (TPSA) is 26.3 Å². The SMILES string of the molecule is CC1(C)c2ccccc2-c2cc(-c3cc4c(c5c3oc3ccccc35)-c3cc5c(cc3C4(C)C)-c3c(cc(-c4ccc6c(c4)-c4ccccc4C6(C)C)c4c3oc3ccccc34)C5(C)C)ccc21. The zero-order valence-electron chi connectivity index (χ0n) is 39.8. The van der Waals surface area contributed by atoms with Crippen LogP contribution in [0.1, 0.15) is 99.9 Å². The second-order valence-corrected chi connectivity index (χ2v) is 22.4. The first kappa shape index (κ1) is 38.7. The molecule has 0 unspecified atom stereocenters. The van der Waals surface area contributed by atoms with E-state index in [-0.39, 0.29) is 21.7 Å². The van der Waals surface area contributed by atoms with Crippen LogP contribution in [0.2, 0.25) is 0 Å². The van der Waals surface area contributed by atoms with Gasteiger partial charge in [-0.15, -0.1) is 0 Å². The van der Waals surface area contributed by atoms with Crippen LogP contribution in [0.4, 0.5) is 0 Å². The Morgan fingerprint density at radius 3 is 1.28 bits per heavy atom. The fourth-order valence-electron chi connectivity index (χ4n) is 13.9. The number of para-hydroxylation sites is 2. The largest absolute Gasteiger partial charge is 0.455 e. The van der Waals surface area contributed by atoms with E-state index in [0.717, 1.165) is 38.7 Å². The summed E-state index contributed by atoms with van der Waals surface area (Å²) in [5.74, 6) is 0. The summed E-state index contributed by atoms with van der Waals surface area (Å²) in [6.45, 7) is 19.1. The van der Waals surface area contributed by atoms with Crippen molar-refractivity contribution in [3.63, 3.8) is 0 Å². The molecule has 15 rings (SSSR count). The fourth-order valence-corrected chi connectivity index (χ4v) is 13.9. The van der Waals surface area contributed by atoms with Gasteiger partial charge in [-0.25, -0.2) is 0 Å². The number of rotatable bonds is 2. The molecule has 0 aliphatic heterocycles. The van der Waals surface area contributed by atoms with E-state index in [9.17, 15) is 0 Å². The molecule has 4 aliphatic rings. The molecule has 0 spiro atoms. The van der Waals surface area contributed by atoms with E-state index in [1.165, 1.54) is 116 Å². The van der Waals surface area contributed by atoms with Crippen molar-refractivity contribution in [3.8, 4) is 66.8 Å². The van der Waals surface area contributed by atoms with Crippen molar-refractivity contribution in [1.82, 2.24) is 0 Å². The third-order valence-corrected chi connectivity index (χ3v) is 17.5. The van der Waals surface area contributed by atoms with Gasteiger partial charge in [0, 0.05) is 54.3 Å². The molecule has 0 atom stereocenters. The number of benzene rings is 9. The third kappa shape index (κ3) is 4.55. The van der Waals surface area contributed by atoms with Gasteiger partial charge < -0.3 is 8.83 Å². The average molecular weight is 875 g/mol. The molecule has 0 fully saturated rings. The normalized spacial score (nSPS) is 16.7. The highest BCUT2D eigenvalue weighted by molar-refractivity contribution is 6.21. The van der Waals surface area contributed by atoms with Gasteiger partial charge >= 0.3 is 0 Å². The van der Waals surface area contributed by atoms with Crippen LogP contribution in [0.3, 0.4) is 0 Å². The molecule has 68 heavy (non-hydrogen) atoms. The first-order valence-electron chi connectivity index (χ1n) is 24.4. The van der Waals surface area contributed by atoms with Gasteiger partial charge in [0.1, 0.15) is 22.3 Å². The molecule has 2 heteroatoms. The summed E-state index contributed by atoms with van der Waals surface area (Å²) in [5, 5.41) is 4.71. The van der Waals surface area contributed by atoms with Gasteiger partial charge in [-0.2, -0.15) is 0 Å². The Hall–Kier alpha value is -7.42. The van der Waals surface area contributed by atoms with Gasteiger partial charge in [0.15, 0.2) is 0 Å². The number of hydrogen-bond acceptors (Lipinski definition) is 2. The lowest BCUT2D eigenvalue weighted by Crippen LogP contribution is -2.17. The van der Waals surface area contributed by atoms with E-state index in [1.54, 1.807) is 0 Å². The minimum Gasteiger partial charge on any atom is -0.455 e. The lowest BCUT2D eigenvalue weighted by Gasteiger charge is -2.24. The standard InChI is InChI=1S/C66H50O2/c1-63(2)47-21-13-9-17-37(47)43-29-35(25-27-49(43)63)41-31-54-59(62-57(41)39-19-11-15-23-55(39)68-62)46-34-51-45(33-52(46)66(54,7)8)58-53(65(51,5)6)32-42(61-60(58)40-20-12-16-24-56(40)67-61)36-26-28-50-44(30-36)38-18-10-14-22-48(38)64(50,3)4/h9-34H,1-8H3. The summed E-state index contributed by atoms with van der Waals surface area (Å²) >= 11 is 0. The average Bonchev–Trinajstić information content (AvgIpc) is 4.13. The van der Waals surface area contributed by atoms with Crippen LogP contribution in [0, 0.1) is 0 Å². The second-order valence-electron chi connectivity index (χ2n) is 22.4. The highest BCUT2D eigenvalue weighted by Crippen LogP contribution is 2.62. The van der Waals surface area contributed by atoms with Crippen molar-refractivity contribution >= 4 is 43.9 Å². The Morgan fingerprint density at radius 1 is 0.279 bits per heavy atom. The van der Waals surface area contributed by atoms with E-state index >= 15 is 0 Å². The zero-order chi connectivity index (χ0) is 46.0. The van der Waals surface area contributed by atoms with Gasteiger partial charge in [-0.3, -0.25) is 0 Å². The molecule has 9 aromatic carbocycles. The van der Waals surface area contributed by atoms with Crippen LogP contribution in [-0.4, -0.2) is 0 Å². The van der Waals surface area contributed by atoms with Crippen molar-refractivity contribution in [1.29, 1.82) is 0 Å². The molecule has 0 amide bonds. The predicted octanol–water partition coefficient (Wildman–Crippen LogP) is 18.0. The van der Waals surface area contributed by atoms with Crippen molar-refractivity contribution in [2.45, 2.75) is 77.0 Å². The summed E-state index contributed by atoms with van der Waals surface area (Å²) in [7, 11) is 0. The van der Waals surface area contributed by atoms with Crippen molar-refractivity contribution in [2.24, 2.45) is 0 Å². The smallest absolute Gasteiger partial charge is 0.144 e. The number of furan rings is 2. The number of fused-ring (bicyclic) bond motifs is 20. The first-order valence-corrected chi connectivity index (χ1v) is 24.4. The quantitative estimate of drug-likeness (QED) is 0.173. The van der Waals surface area contributed by atoms with E-state index in [0.29, 0.717) is 0 Å². The Morgan fingerprint density at radius 2 is 0.691 bits per heavy atom. The van der Waals surface area contributed by atoms with Crippen LogP contribution in [0.15, 0.2) is 167 Å². The maximum absolute atomic E-state index is 7.14. The molecular weight excluding hydrogens is 825 g/mol. The van der Waals surface area contributed by atoms with Crippen molar-refractivity contribution < 1.29 is 8.83 Å². The summed E-state index contributed by atoms with van der Waals surface area (Å²) < 4.78 is 14.2. The minimum atomic E-state index is -0.314. The molecular formula is C66H50O2. The highest BCUT2D eigenvalue weighted by atomic mass is 16.3. The van der Waals surface area contributed by atoms with E-state index in [4.69, 9.17) is 8.83 Å². The second kappa shape index (κ2) is 12.4. The first-order chi connectivity index (χ1) is 32.7. The Balaban J connectivity index is 0.964. The van der Waals surface area contributed by atoms with E-state index in [2.05, 4.69) is 213 Å². The van der Waals surface area contributed by atoms with Gasteiger partial charge in [-0.1, -0.05) is 165 Å². The maximum Gasteiger partial charge on any atom is 0.144 e. The van der Waals surface area contributed by atoms with Gasteiger partial charge in [-0.05, 0) is 149 Å². The molecule has 0 bridgehead atoms. The number of hydrogen-bond donors (Lipinski definition) is 0. The van der Waals surface area contributed by atoms with Crippen LogP contribution in [-0.2, 0) is 21.7 Å². The Labute approximate surface area is 396 Å². The Kier molecular flexibility index (Phi) is 7.03. The summed E-state index contributed by atoms with van der Waals surface area (Å²) in [6, 6.07) is 59.5. The molecule has 2 heterocycles. The molecule has 0 saturated carbocycles. The molecule has 4 aliphatic carbocycles. The molecule has 11 aromatic rings. The predicted molar refractivity (Wildman–Crippen MR) is 282 cm³/mol. The maximum atomic E-state index is 7.14.